The lowest BCUT2D eigenvalue weighted by atomic mass is 9.80. The Morgan fingerprint density at radius 2 is 2.32 bits per heavy atom. The van der Waals surface area contributed by atoms with Gasteiger partial charge in [-0.25, -0.2) is 4.79 Å². The Balaban J connectivity index is 1.75. The Labute approximate surface area is 111 Å². The fourth-order valence-electron chi connectivity index (χ4n) is 3.83. The standard InChI is InChI=1S/C14H16O5/c1-3-8-11-14(19-12(8)15)5-4-7-6-9(16-2)17-13(18-11)10(7)14/h3-5,7,9-11,13H,6H2,1-2H3. The van der Waals surface area contributed by atoms with Crippen molar-refractivity contribution in [2.45, 2.75) is 37.6 Å². The van der Waals surface area contributed by atoms with Crippen molar-refractivity contribution in [3.05, 3.63) is 23.8 Å². The molecule has 0 amide bonds. The topological polar surface area (TPSA) is 54.0 Å². The minimum Gasteiger partial charge on any atom is -0.448 e. The molecule has 19 heavy (non-hydrogen) atoms. The smallest absolute Gasteiger partial charge is 0.337 e. The fraction of sp³-hybridized carbons (Fsp3) is 0.643. The predicted octanol–water partition coefficient (Wildman–Crippen LogP) is 1.15. The third-order valence-electron chi connectivity index (χ3n) is 4.67. The number of carbonyl (C=O) groups excluding carboxylic acids is 1. The van der Waals surface area contributed by atoms with E-state index >= 15 is 0 Å². The van der Waals surface area contributed by atoms with Crippen LogP contribution >= 0.6 is 0 Å². The Morgan fingerprint density at radius 3 is 3.05 bits per heavy atom. The summed E-state index contributed by atoms with van der Waals surface area (Å²) in [5.41, 5.74) is -0.0651. The number of esters is 1. The van der Waals surface area contributed by atoms with Gasteiger partial charge < -0.3 is 18.9 Å². The number of methoxy groups -OCH3 is 1. The number of ether oxygens (including phenoxy) is 4. The van der Waals surface area contributed by atoms with Gasteiger partial charge in [-0.3, -0.25) is 0 Å². The van der Waals surface area contributed by atoms with Gasteiger partial charge in [0.15, 0.2) is 18.2 Å². The summed E-state index contributed by atoms with van der Waals surface area (Å²) in [7, 11) is 1.63. The van der Waals surface area contributed by atoms with Crippen LogP contribution in [-0.4, -0.2) is 37.4 Å². The van der Waals surface area contributed by atoms with E-state index in [-0.39, 0.29) is 36.5 Å². The van der Waals surface area contributed by atoms with Crippen molar-refractivity contribution >= 4 is 5.97 Å². The van der Waals surface area contributed by atoms with Gasteiger partial charge in [-0.05, 0) is 18.9 Å². The maximum absolute atomic E-state index is 11.9. The Hall–Kier alpha value is -1.17. The molecule has 3 fully saturated rings. The second-order valence-electron chi connectivity index (χ2n) is 5.46. The summed E-state index contributed by atoms with van der Waals surface area (Å²) in [4.78, 5) is 11.9. The third-order valence-corrected chi connectivity index (χ3v) is 4.67. The first-order valence-corrected chi connectivity index (χ1v) is 6.62. The third kappa shape index (κ3) is 1.28. The highest BCUT2D eigenvalue weighted by Gasteiger charge is 2.69. The molecular formula is C14H16O5. The summed E-state index contributed by atoms with van der Waals surface area (Å²) in [6, 6.07) is 0. The van der Waals surface area contributed by atoms with Crippen LogP contribution in [0.3, 0.4) is 0 Å². The van der Waals surface area contributed by atoms with Gasteiger partial charge in [-0.1, -0.05) is 12.2 Å². The van der Waals surface area contributed by atoms with Crippen LogP contribution in [0, 0.1) is 11.8 Å². The second-order valence-corrected chi connectivity index (χ2v) is 5.46. The number of rotatable bonds is 1. The van der Waals surface area contributed by atoms with Crippen LogP contribution in [0.4, 0.5) is 0 Å². The maximum atomic E-state index is 11.9. The van der Waals surface area contributed by atoms with Gasteiger partial charge in [0.2, 0.25) is 0 Å². The molecule has 4 aliphatic rings. The molecular weight excluding hydrogens is 248 g/mol. The van der Waals surface area contributed by atoms with Gasteiger partial charge in [0.05, 0.1) is 11.5 Å². The van der Waals surface area contributed by atoms with Crippen LogP contribution in [0.15, 0.2) is 23.8 Å². The lowest BCUT2D eigenvalue weighted by molar-refractivity contribution is -0.271. The molecule has 1 aliphatic carbocycles. The number of allylic oxidation sites excluding steroid dienone is 2. The van der Waals surface area contributed by atoms with E-state index in [4.69, 9.17) is 18.9 Å². The SMILES string of the molecule is CC=C1C(=O)OC23C=CC4CC(OC)OC(OC12)C43. The first-order chi connectivity index (χ1) is 9.19. The molecule has 0 saturated carbocycles. The van der Waals surface area contributed by atoms with Gasteiger partial charge in [-0.15, -0.1) is 0 Å². The van der Waals surface area contributed by atoms with Crippen LogP contribution in [0.1, 0.15) is 13.3 Å². The van der Waals surface area contributed by atoms with Crippen LogP contribution < -0.4 is 0 Å². The van der Waals surface area contributed by atoms with Crippen molar-refractivity contribution in [2.75, 3.05) is 7.11 Å². The molecule has 0 radical (unpaired) electrons. The molecule has 0 aromatic carbocycles. The highest BCUT2D eigenvalue weighted by atomic mass is 16.8. The molecule has 3 aliphatic heterocycles. The molecule has 3 heterocycles. The molecule has 0 N–H and O–H groups in total. The first kappa shape index (κ1) is 11.6. The Bertz CT molecular complexity index is 496. The monoisotopic (exact) mass is 264 g/mol. The highest BCUT2D eigenvalue weighted by molar-refractivity contribution is 5.93. The zero-order valence-electron chi connectivity index (χ0n) is 10.9. The van der Waals surface area contributed by atoms with E-state index in [2.05, 4.69) is 6.08 Å². The molecule has 0 bridgehead atoms. The van der Waals surface area contributed by atoms with E-state index in [1.165, 1.54) is 0 Å². The molecule has 5 nitrogen and oxygen atoms in total. The molecule has 1 spiro atoms. The first-order valence-electron chi connectivity index (χ1n) is 6.62. The van der Waals surface area contributed by atoms with Crippen molar-refractivity contribution in [1.29, 1.82) is 0 Å². The highest BCUT2D eigenvalue weighted by Crippen LogP contribution is 2.57. The Kier molecular flexibility index (Phi) is 2.26. The van der Waals surface area contributed by atoms with Crippen LogP contribution in [0.2, 0.25) is 0 Å². The molecule has 0 aromatic heterocycles. The number of carbonyl (C=O) groups is 1. The molecule has 102 valence electrons. The van der Waals surface area contributed by atoms with E-state index < -0.39 is 5.60 Å². The van der Waals surface area contributed by atoms with Crippen molar-refractivity contribution in [3.8, 4) is 0 Å². The maximum Gasteiger partial charge on any atom is 0.337 e. The molecule has 5 heteroatoms. The van der Waals surface area contributed by atoms with E-state index in [0.717, 1.165) is 6.42 Å². The largest absolute Gasteiger partial charge is 0.448 e. The zero-order chi connectivity index (χ0) is 13.2. The van der Waals surface area contributed by atoms with E-state index in [0.29, 0.717) is 5.57 Å². The normalized spacial score (nSPS) is 52.4. The summed E-state index contributed by atoms with van der Waals surface area (Å²) >= 11 is 0. The van der Waals surface area contributed by atoms with E-state index in [1.54, 1.807) is 13.2 Å². The van der Waals surface area contributed by atoms with Crippen LogP contribution in [0.5, 0.6) is 0 Å². The molecule has 4 rings (SSSR count). The second kappa shape index (κ2) is 3.69. The van der Waals surface area contributed by atoms with Crippen molar-refractivity contribution < 1.29 is 23.7 Å². The van der Waals surface area contributed by atoms with Gasteiger partial charge >= 0.3 is 5.97 Å². The fourth-order valence-corrected chi connectivity index (χ4v) is 3.83. The van der Waals surface area contributed by atoms with Gasteiger partial charge in [0.25, 0.3) is 0 Å². The Morgan fingerprint density at radius 1 is 1.47 bits per heavy atom. The van der Waals surface area contributed by atoms with E-state index in [9.17, 15) is 4.79 Å². The summed E-state index contributed by atoms with van der Waals surface area (Å²) in [6.45, 7) is 1.83. The average Bonchev–Trinajstić information content (AvgIpc) is 2.99. The molecule has 6 atom stereocenters. The lowest BCUT2D eigenvalue weighted by Gasteiger charge is -2.36. The van der Waals surface area contributed by atoms with Gasteiger partial charge in [0, 0.05) is 13.5 Å². The van der Waals surface area contributed by atoms with Crippen LogP contribution in [0.25, 0.3) is 0 Å². The summed E-state index contributed by atoms with van der Waals surface area (Å²) in [5, 5.41) is 0. The van der Waals surface area contributed by atoms with Crippen LogP contribution in [-0.2, 0) is 23.7 Å². The minimum absolute atomic E-state index is 0.0466. The van der Waals surface area contributed by atoms with Gasteiger partial charge in [0.1, 0.15) is 6.10 Å². The van der Waals surface area contributed by atoms with Crippen molar-refractivity contribution in [1.82, 2.24) is 0 Å². The lowest BCUT2D eigenvalue weighted by Crippen LogP contribution is -2.46. The van der Waals surface area contributed by atoms with Crippen molar-refractivity contribution in [3.63, 3.8) is 0 Å². The molecule has 6 unspecified atom stereocenters. The molecule has 3 saturated heterocycles. The summed E-state index contributed by atoms with van der Waals surface area (Å²) in [5.74, 6) is 0.0492. The van der Waals surface area contributed by atoms with Crippen molar-refractivity contribution in [2.24, 2.45) is 11.8 Å². The summed E-state index contributed by atoms with van der Waals surface area (Å²) in [6.07, 6.45) is 5.68. The quantitative estimate of drug-likeness (QED) is 0.404. The van der Waals surface area contributed by atoms with E-state index in [1.807, 2.05) is 13.0 Å². The number of hydrogen-bond acceptors (Lipinski definition) is 5. The molecule has 0 aromatic rings. The van der Waals surface area contributed by atoms with Gasteiger partial charge in [-0.2, -0.15) is 0 Å². The summed E-state index contributed by atoms with van der Waals surface area (Å²) < 4.78 is 22.7. The number of hydrogen-bond donors (Lipinski definition) is 0. The average molecular weight is 264 g/mol. The predicted molar refractivity (Wildman–Crippen MR) is 63.9 cm³/mol. The minimum atomic E-state index is -0.660. The zero-order valence-corrected chi connectivity index (χ0v) is 10.9.